The molecule has 0 radical (unpaired) electrons. The van der Waals surface area contributed by atoms with Gasteiger partial charge in [-0.3, -0.25) is 9.59 Å². The number of hydrogen-bond acceptors (Lipinski definition) is 7. The Bertz CT molecular complexity index is 955. The number of amides is 2. The van der Waals surface area contributed by atoms with Crippen LogP contribution in [0, 0.1) is 0 Å². The van der Waals surface area contributed by atoms with Crippen molar-refractivity contribution in [1.29, 1.82) is 0 Å². The Labute approximate surface area is 172 Å². The van der Waals surface area contributed by atoms with E-state index in [1.807, 2.05) is 0 Å². The fraction of sp³-hybridized carbons (Fsp3) is 0.200. The summed E-state index contributed by atoms with van der Waals surface area (Å²) in [6.07, 6.45) is 0.0479. The lowest BCUT2D eigenvalue weighted by Gasteiger charge is -2.21. The fourth-order valence-electron chi connectivity index (χ4n) is 2.52. The average molecular weight is 412 g/mol. The first kappa shape index (κ1) is 20.4. The molecule has 8 nitrogen and oxygen atoms in total. The highest BCUT2D eigenvalue weighted by atomic mass is 32.2. The van der Waals surface area contributed by atoms with Crippen molar-refractivity contribution in [2.75, 3.05) is 12.4 Å². The topological polar surface area (TPSA) is 112 Å². The predicted molar refractivity (Wildman–Crippen MR) is 114 cm³/mol. The Balaban J connectivity index is 1.67. The Morgan fingerprint density at radius 2 is 1.90 bits per heavy atom. The lowest BCUT2D eigenvalue weighted by molar-refractivity contribution is -0.123. The Hall–Kier alpha value is -3.33. The molecule has 2 amide bonds. The minimum absolute atomic E-state index is 0.0479. The third-order valence-electron chi connectivity index (χ3n) is 4.10. The van der Waals surface area contributed by atoms with Gasteiger partial charge in [-0.05, 0) is 61.0 Å². The van der Waals surface area contributed by atoms with Crippen LogP contribution in [0.1, 0.15) is 18.9 Å². The van der Waals surface area contributed by atoms with Crippen molar-refractivity contribution in [3.8, 4) is 11.5 Å². The largest absolute Gasteiger partial charge is 0.508 e. The van der Waals surface area contributed by atoms with Gasteiger partial charge in [-0.15, -0.1) is 5.10 Å². The number of nitrogens with zero attached hydrogens (tertiary/aromatic N) is 2. The van der Waals surface area contributed by atoms with Crippen molar-refractivity contribution < 1.29 is 19.4 Å². The van der Waals surface area contributed by atoms with Crippen molar-refractivity contribution in [1.82, 2.24) is 5.32 Å². The van der Waals surface area contributed by atoms with Crippen LogP contribution in [0.25, 0.3) is 0 Å². The molecule has 0 spiro atoms. The molecule has 1 aliphatic heterocycles. The van der Waals surface area contributed by atoms with Gasteiger partial charge in [0.1, 0.15) is 16.7 Å². The van der Waals surface area contributed by atoms with E-state index in [4.69, 9.17) is 4.74 Å². The number of hydrogen-bond donors (Lipinski definition) is 3. The van der Waals surface area contributed by atoms with Gasteiger partial charge in [-0.1, -0.05) is 11.8 Å². The van der Waals surface area contributed by atoms with E-state index >= 15 is 0 Å². The number of methoxy groups -OCH3 is 1. The molecule has 1 fully saturated rings. The van der Waals surface area contributed by atoms with Crippen LogP contribution in [0.15, 0.2) is 58.7 Å². The minimum Gasteiger partial charge on any atom is -0.508 e. The van der Waals surface area contributed by atoms with E-state index in [2.05, 4.69) is 20.8 Å². The second kappa shape index (κ2) is 9.24. The highest BCUT2D eigenvalue weighted by Gasteiger charge is 2.30. The van der Waals surface area contributed by atoms with E-state index in [9.17, 15) is 14.7 Å². The molecule has 1 unspecified atom stereocenters. The van der Waals surface area contributed by atoms with Crippen molar-refractivity contribution >= 4 is 40.1 Å². The van der Waals surface area contributed by atoms with Crippen molar-refractivity contribution in [2.24, 2.45) is 10.2 Å². The number of ether oxygens (including phenoxy) is 1. The van der Waals surface area contributed by atoms with Crippen LogP contribution in [0.4, 0.5) is 5.69 Å². The van der Waals surface area contributed by atoms with Crippen LogP contribution in [-0.4, -0.2) is 40.2 Å². The lowest BCUT2D eigenvalue weighted by Crippen LogP contribution is -2.41. The number of phenolic OH excluding ortho intramolecular Hbond substituents is 1. The summed E-state index contributed by atoms with van der Waals surface area (Å²) in [5, 5.41) is 22.6. The van der Waals surface area contributed by atoms with Gasteiger partial charge in [-0.25, -0.2) is 0 Å². The summed E-state index contributed by atoms with van der Waals surface area (Å²) in [7, 11) is 1.57. The highest BCUT2D eigenvalue weighted by Crippen LogP contribution is 2.23. The summed E-state index contributed by atoms with van der Waals surface area (Å²) < 4.78 is 5.09. The minimum atomic E-state index is -0.617. The lowest BCUT2D eigenvalue weighted by atomic mass is 10.1. The van der Waals surface area contributed by atoms with Gasteiger partial charge in [0.05, 0.1) is 12.8 Å². The summed E-state index contributed by atoms with van der Waals surface area (Å²) in [6, 6.07) is 13.5. The summed E-state index contributed by atoms with van der Waals surface area (Å²) in [5.41, 5.74) is 2.01. The molecule has 1 heterocycles. The van der Waals surface area contributed by atoms with Gasteiger partial charge in [0.2, 0.25) is 11.8 Å². The molecule has 2 aromatic carbocycles. The summed E-state index contributed by atoms with van der Waals surface area (Å²) in [4.78, 5) is 24.5. The first-order chi connectivity index (χ1) is 13.9. The quantitative estimate of drug-likeness (QED) is 0.516. The number of aromatic hydroxyl groups is 1. The van der Waals surface area contributed by atoms with Crippen LogP contribution >= 0.6 is 11.8 Å². The molecule has 2 aromatic rings. The van der Waals surface area contributed by atoms with E-state index in [0.29, 0.717) is 17.1 Å². The van der Waals surface area contributed by atoms with Gasteiger partial charge in [0.15, 0.2) is 5.17 Å². The van der Waals surface area contributed by atoms with Gasteiger partial charge in [-0.2, -0.15) is 5.10 Å². The normalized spacial score (nSPS) is 18.3. The zero-order valence-corrected chi connectivity index (χ0v) is 16.7. The van der Waals surface area contributed by atoms with E-state index in [0.717, 1.165) is 17.3 Å². The molecule has 1 saturated heterocycles. The Morgan fingerprint density at radius 3 is 2.55 bits per heavy atom. The van der Waals surface area contributed by atoms with Gasteiger partial charge >= 0.3 is 0 Å². The summed E-state index contributed by atoms with van der Waals surface area (Å²) in [5.74, 6) is 0.260. The smallest absolute Gasteiger partial charge is 0.238 e. The second-order valence-corrected chi connectivity index (χ2v) is 7.41. The number of carbonyl (C=O) groups excluding carboxylic acids is 2. The molecule has 3 rings (SSSR count). The van der Waals surface area contributed by atoms with E-state index < -0.39 is 5.25 Å². The third-order valence-corrected chi connectivity index (χ3v) is 5.17. The summed E-state index contributed by atoms with van der Waals surface area (Å²) >= 11 is 1.14. The van der Waals surface area contributed by atoms with Crippen molar-refractivity contribution in [3.63, 3.8) is 0 Å². The van der Waals surface area contributed by atoms with E-state index in [-0.39, 0.29) is 29.2 Å². The number of anilines is 1. The molecule has 9 heteroatoms. The number of amidine groups is 1. The van der Waals surface area contributed by atoms with Gasteiger partial charge < -0.3 is 20.5 Å². The van der Waals surface area contributed by atoms with E-state index in [1.165, 1.54) is 0 Å². The second-order valence-electron chi connectivity index (χ2n) is 6.21. The first-order valence-corrected chi connectivity index (χ1v) is 9.65. The zero-order valence-electron chi connectivity index (χ0n) is 15.9. The number of nitrogens with one attached hydrogen (secondary N) is 2. The number of phenols is 1. The maximum atomic E-state index is 12.5. The molecule has 150 valence electrons. The van der Waals surface area contributed by atoms with Gasteiger partial charge in [0, 0.05) is 12.1 Å². The standard InChI is InChI=1S/C20H20N4O4S/c1-12(13-3-7-15(25)8-4-13)23-24-20-22-18(26)11-17(29-20)19(27)21-14-5-9-16(28-2)10-6-14/h3-10,17,25H,11H2,1-2H3,(H,21,27)(H,22,24,26)/b23-12+. The Kier molecular flexibility index (Phi) is 6.50. The van der Waals surface area contributed by atoms with Crippen LogP contribution < -0.4 is 15.4 Å². The molecule has 0 saturated carbocycles. The number of carbonyl (C=O) groups is 2. The molecular formula is C20H20N4O4S. The van der Waals surface area contributed by atoms with Crippen LogP contribution in [0.5, 0.6) is 11.5 Å². The van der Waals surface area contributed by atoms with E-state index in [1.54, 1.807) is 62.6 Å². The molecule has 29 heavy (non-hydrogen) atoms. The molecular weight excluding hydrogens is 392 g/mol. The maximum Gasteiger partial charge on any atom is 0.238 e. The first-order valence-electron chi connectivity index (χ1n) is 8.77. The number of benzene rings is 2. The monoisotopic (exact) mass is 412 g/mol. The molecule has 1 aliphatic rings. The molecule has 0 aliphatic carbocycles. The van der Waals surface area contributed by atoms with Crippen LogP contribution in [0.2, 0.25) is 0 Å². The van der Waals surface area contributed by atoms with Crippen LogP contribution in [-0.2, 0) is 9.59 Å². The predicted octanol–water partition coefficient (Wildman–Crippen LogP) is 2.74. The molecule has 3 N–H and O–H groups in total. The van der Waals surface area contributed by atoms with Crippen molar-refractivity contribution in [2.45, 2.75) is 18.6 Å². The van der Waals surface area contributed by atoms with Gasteiger partial charge in [0.25, 0.3) is 0 Å². The van der Waals surface area contributed by atoms with Crippen molar-refractivity contribution in [3.05, 3.63) is 54.1 Å². The summed E-state index contributed by atoms with van der Waals surface area (Å²) in [6.45, 7) is 1.76. The maximum absolute atomic E-state index is 12.5. The highest BCUT2D eigenvalue weighted by molar-refractivity contribution is 8.15. The zero-order chi connectivity index (χ0) is 20.8. The molecule has 0 bridgehead atoms. The molecule has 0 aromatic heterocycles. The third kappa shape index (κ3) is 5.58. The fourth-order valence-corrected chi connectivity index (χ4v) is 3.45. The number of thioether (sulfide) groups is 1. The average Bonchev–Trinajstić information content (AvgIpc) is 2.72. The van der Waals surface area contributed by atoms with Crippen LogP contribution in [0.3, 0.4) is 0 Å². The Morgan fingerprint density at radius 1 is 1.21 bits per heavy atom. The molecule has 1 atom stereocenters. The SMILES string of the molecule is COc1ccc(NC(=O)C2CC(=O)N/C(=N\N=C(/C)c3ccc(O)cc3)S2)cc1. The number of rotatable bonds is 5.